The highest BCUT2D eigenvalue weighted by atomic mass is 16.1. The molecule has 1 aromatic heterocycles. The van der Waals surface area contributed by atoms with Crippen LogP contribution in [0.3, 0.4) is 0 Å². The van der Waals surface area contributed by atoms with Gasteiger partial charge in [-0.1, -0.05) is 24.2 Å². The number of carbonyl (C=O) groups excluding carboxylic acids is 1. The van der Waals surface area contributed by atoms with Gasteiger partial charge in [-0.25, -0.2) is 4.68 Å². The number of nitrogens with two attached hydrogens (primary N) is 1. The van der Waals surface area contributed by atoms with Gasteiger partial charge in [0.2, 0.25) is 0 Å². The number of hydrogen-bond donors (Lipinski definition) is 2. The lowest BCUT2D eigenvalue weighted by atomic mass is 9.92. The van der Waals surface area contributed by atoms with Crippen molar-refractivity contribution in [3.05, 3.63) is 59.7 Å². The number of aromatic nitrogens is 2. The molecule has 4 rings (SSSR count). The third kappa shape index (κ3) is 2.67. The average Bonchev–Trinajstić information content (AvgIpc) is 3.11. The van der Waals surface area contributed by atoms with Gasteiger partial charge in [0.25, 0.3) is 5.91 Å². The van der Waals surface area contributed by atoms with E-state index in [-0.39, 0.29) is 41.3 Å². The van der Waals surface area contributed by atoms with Crippen LogP contribution in [0.15, 0.2) is 48.6 Å². The Kier molecular flexibility index (Phi) is 2.79. The minimum atomic E-state index is -0.615. The highest BCUT2D eigenvalue weighted by Gasteiger charge is 2.15. The largest absolute Gasteiger partial charge is 0.366 e. The molecule has 0 saturated carbocycles. The molecule has 0 unspecified atom stereocenters. The summed E-state index contributed by atoms with van der Waals surface area (Å²) in [4.78, 5) is 11.7. The van der Waals surface area contributed by atoms with E-state index in [1.165, 1.54) is 4.68 Å². The predicted molar refractivity (Wildman–Crippen MR) is 94.4 cm³/mol. The van der Waals surface area contributed by atoms with Gasteiger partial charge in [-0.2, -0.15) is 5.10 Å². The minimum Gasteiger partial charge on any atom is -0.366 e. The average molecular weight is 324 g/mol. The van der Waals surface area contributed by atoms with Crippen LogP contribution in [0.1, 0.15) is 40.2 Å². The second-order valence-corrected chi connectivity index (χ2v) is 5.99. The summed E-state index contributed by atoms with van der Waals surface area (Å²) >= 11 is 0. The molecule has 2 heterocycles. The number of fused-ring (bicyclic) bond motifs is 1. The number of primary amides is 1. The molecule has 1 aliphatic rings. The highest BCUT2D eigenvalue weighted by Crippen LogP contribution is 2.25. The molecular formula is C19H20N4O. The van der Waals surface area contributed by atoms with Crippen molar-refractivity contribution >= 4 is 16.8 Å². The maximum absolute atomic E-state index is 11.7. The van der Waals surface area contributed by atoms with Crippen LogP contribution >= 0.6 is 0 Å². The Bertz CT molecular complexity index is 1060. The standard InChI is InChI=1S/C19H20N4O/c20-19(24)17-5-1-3-15-12-23(22-18(15)17)16-8-6-13(7-9-16)14-4-2-10-21-11-14/h1,3,5-9,12,14,21H,2,4,10-11H2,(H2,20,24)/t14-/m0/s1/i6D,7D,8D,9D. The van der Waals surface area contributed by atoms with Crippen molar-refractivity contribution in [2.75, 3.05) is 13.1 Å². The molecule has 1 atom stereocenters. The van der Waals surface area contributed by atoms with Crippen molar-refractivity contribution in [3.63, 3.8) is 0 Å². The van der Waals surface area contributed by atoms with Crippen LogP contribution in [0.25, 0.3) is 16.6 Å². The number of piperidine rings is 1. The molecule has 24 heavy (non-hydrogen) atoms. The van der Waals surface area contributed by atoms with Gasteiger partial charge in [0.15, 0.2) is 0 Å². The van der Waals surface area contributed by atoms with Crippen LogP contribution in [-0.2, 0) is 0 Å². The molecule has 3 N–H and O–H groups in total. The van der Waals surface area contributed by atoms with Gasteiger partial charge in [0.1, 0.15) is 5.52 Å². The lowest BCUT2D eigenvalue weighted by Gasteiger charge is -2.23. The van der Waals surface area contributed by atoms with Gasteiger partial charge < -0.3 is 11.1 Å². The topological polar surface area (TPSA) is 72.9 Å². The van der Waals surface area contributed by atoms with E-state index in [2.05, 4.69) is 10.4 Å². The molecule has 0 radical (unpaired) electrons. The van der Waals surface area contributed by atoms with Crippen molar-refractivity contribution in [2.24, 2.45) is 5.73 Å². The van der Waals surface area contributed by atoms with Crippen molar-refractivity contribution < 1.29 is 10.3 Å². The lowest BCUT2D eigenvalue weighted by molar-refractivity contribution is 0.100. The minimum absolute atomic E-state index is 0.0422. The quantitative estimate of drug-likeness (QED) is 0.778. The van der Waals surface area contributed by atoms with Crippen LogP contribution in [0, 0.1) is 0 Å². The number of nitrogens with zero attached hydrogens (tertiary/aromatic N) is 2. The molecule has 1 aliphatic heterocycles. The zero-order valence-electron chi connectivity index (χ0n) is 17.1. The van der Waals surface area contributed by atoms with Gasteiger partial charge >= 0.3 is 0 Å². The predicted octanol–water partition coefficient (Wildman–Crippen LogP) is 2.59. The summed E-state index contributed by atoms with van der Waals surface area (Å²) in [5.41, 5.74) is 6.53. The van der Waals surface area contributed by atoms with Crippen molar-refractivity contribution in [1.29, 1.82) is 0 Å². The van der Waals surface area contributed by atoms with Gasteiger partial charge in [-0.05, 0) is 49.0 Å². The van der Waals surface area contributed by atoms with Crippen molar-refractivity contribution in [1.82, 2.24) is 15.1 Å². The zero-order valence-corrected chi connectivity index (χ0v) is 13.1. The van der Waals surface area contributed by atoms with Crippen LogP contribution in [0.5, 0.6) is 0 Å². The zero-order chi connectivity index (χ0) is 20.0. The maximum atomic E-state index is 11.7. The summed E-state index contributed by atoms with van der Waals surface area (Å²) in [6.07, 6.45) is 3.36. The first-order chi connectivity index (χ1) is 13.4. The number of benzene rings is 2. The number of nitrogens with one attached hydrogen (secondary N) is 1. The molecule has 5 heteroatoms. The molecule has 3 aromatic rings. The summed E-state index contributed by atoms with van der Waals surface area (Å²) in [5.74, 6) is -0.662. The summed E-state index contributed by atoms with van der Waals surface area (Å²) in [6, 6.07) is 4.63. The smallest absolute Gasteiger partial charge is 0.250 e. The van der Waals surface area contributed by atoms with Gasteiger partial charge in [-0.3, -0.25) is 4.79 Å². The van der Waals surface area contributed by atoms with Gasteiger partial charge in [-0.15, -0.1) is 0 Å². The molecule has 1 saturated heterocycles. The highest BCUT2D eigenvalue weighted by molar-refractivity contribution is 6.04. The first-order valence-electron chi connectivity index (χ1n) is 9.99. The van der Waals surface area contributed by atoms with E-state index < -0.39 is 5.91 Å². The molecule has 0 spiro atoms. The summed E-state index contributed by atoms with van der Waals surface area (Å²) in [5, 5.41) is 8.24. The van der Waals surface area contributed by atoms with Crippen LogP contribution in [0.4, 0.5) is 0 Å². The Morgan fingerprint density at radius 3 is 2.88 bits per heavy atom. The van der Waals surface area contributed by atoms with E-state index in [1.807, 2.05) is 0 Å². The monoisotopic (exact) mass is 324 g/mol. The molecule has 5 nitrogen and oxygen atoms in total. The number of amides is 1. The first-order valence-corrected chi connectivity index (χ1v) is 7.99. The molecule has 1 amide bonds. The molecule has 2 aromatic carbocycles. The van der Waals surface area contributed by atoms with Crippen LogP contribution in [0.2, 0.25) is 0 Å². The second-order valence-electron chi connectivity index (χ2n) is 5.99. The summed E-state index contributed by atoms with van der Waals surface area (Å²) in [6.45, 7) is 1.54. The lowest BCUT2D eigenvalue weighted by Crippen LogP contribution is -2.28. The third-order valence-electron chi connectivity index (χ3n) is 4.37. The summed E-state index contributed by atoms with van der Waals surface area (Å²) < 4.78 is 35.2. The number of hydrogen-bond acceptors (Lipinski definition) is 3. The molecular weight excluding hydrogens is 300 g/mol. The van der Waals surface area contributed by atoms with E-state index in [0.29, 0.717) is 23.0 Å². The Morgan fingerprint density at radius 1 is 1.33 bits per heavy atom. The number of rotatable bonds is 3. The van der Waals surface area contributed by atoms with Gasteiger partial charge in [0.05, 0.1) is 16.7 Å². The Balaban J connectivity index is 1.90. The molecule has 0 aliphatic carbocycles. The Morgan fingerprint density at radius 2 is 2.17 bits per heavy atom. The number of carbonyl (C=O) groups is 1. The Hall–Kier alpha value is -2.66. The van der Waals surface area contributed by atoms with Crippen LogP contribution < -0.4 is 11.1 Å². The molecule has 0 bridgehead atoms. The van der Waals surface area contributed by atoms with Crippen molar-refractivity contribution in [2.45, 2.75) is 18.8 Å². The van der Waals surface area contributed by atoms with Gasteiger partial charge in [0, 0.05) is 18.1 Å². The normalized spacial score (nSPS) is 20.2. The fourth-order valence-electron chi connectivity index (χ4n) is 3.09. The first kappa shape index (κ1) is 11.0. The SMILES string of the molecule is [2H]c1c([2H])c(-n2cc3cccc(C(N)=O)c3n2)c([2H])c([2H])c1[C@H]1CCCNC1. The molecule has 1 fully saturated rings. The van der Waals surface area contributed by atoms with E-state index in [9.17, 15) is 4.79 Å². The van der Waals surface area contributed by atoms with Crippen molar-refractivity contribution in [3.8, 4) is 5.69 Å². The maximum Gasteiger partial charge on any atom is 0.250 e. The van der Waals surface area contributed by atoms with E-state index in [1.54, 1.807) is 24.4 Å². The second kappa shape index (κ2) is 6.09. The van der Waals surface area contributed by atoms with E-state index in [0.717, 1.165) is 19.4 Å². The Labute approximate surface area is 146 Å². The fraction of sp³-hybridized carbons (Fsp3) is 0.263. The van der Waals surface area contributed by atoms with E-state index >= 15 is 0 Å². The third-order valence-corrected chi connectivity index (χ3v) is 4.37. The fourth-order valence-corrected chi connectivity index (χ4v) is 3.09. The summed E-state index contributed by atoms with van der Waals surface area (Å²) in [7, 11) is 0. The van der Waals surface area contributed by atoms with E-state index in [4.69, 9.17) is 11.2 Å². The molecule has 122 valence electrons. The van der Waals surface area contributed by atoms with Crippen LogP contribution in [-0.4, -0.2) is 28.8 Å².